The Morgan fingerprint density at radius 2 is 2.00 bits per heavy atom. The highest BCUT2D eigenvalue weighted by Crippen LogP contribution is 2.35. The van der Waals surface area contributed by atoms with Crippen LogP contribution in [-0.2, 0) is 6.42 Å². The van der Waals surface area contributed by atoms with E-state index in [1.54, 1.807) is 11.3 Å². The van der Waals surface area contributed by atoms with E-state index in [-0.39, 0.29) is 24.0 Å². The summed E-state index contributed by atoms with van der Waals surface area (Å²) in [6.07, 6.45) is 1.04. The first-order valence-corrected chi connectivity index (χ1v) is 9.20. The largest absolute Gasteiger partial charge is 0.351 e. The summed E-state index contributed by atoms with van der Waals surface area (Å²) in [6, 6.07) is 8.67. The minimum atomic E-state index is -0.473. The average Bonchev–Trinajstić information content (AvgIpc) is 3.06. The Kier molecular flexibility index (Phi) is 6.75. The van der Waals surface area contributed by atoms with Gasteiger partial charge in [0.05, 0.1) is 4.92 Å². The van der Waals surface area contributed by atoms with Gasteiger partial charge in [-0.3, -0.25) is 19.8 Å². The third-order valence-corrected chi connectivity index (χ3v) is 5.86. The van der Waals surface area contributed by atoms with Crippen LogP contribution in [0.4, 0.5) is 5.69 Å². The lowest BCUT2D eigenvalue weighted by molar-refractivity contribution is -0.384. The second-order valence-electron chi connectivity index (χ2n) is 6.34. The zero-order valence-corrected chi connectivity index (χ0v) is 16.3. The number of fused-ring (bicyclic) bond motifs is 1. The number of rotatable bonds is 5. The third-order valence-electron chi connectivity index (χ3n) is 4.73. The predicted octanol–water partition coefficient (Wildman–Crippen LogP) is 3.82. The zero-order chi connectivity index (χ0) is 18.0. The molecule has 1 aliphatic heterocycles. The summed E-state index contributed by atoms with van der Waals surface area (Å²) in [4.78, 5) is 26.2. The fourth-order valence-corrected chi connectivity index (χ4v) is 4.41. The van der Waals surface area contributed by atoms with Gasteiger partial charge in [0.2, 0.25) is 0 Å². The predicted molar refractivity (Wildman–Crippen MR) is 105 cm³/mol. The Morgan fingerprint density at radius 1 is 1.31 bits per heavy atom. The summed E-state index contributed by atoms with van der Waals surface area (Å²) in [7, 11) is 0. The Balaban J connectivity index is 0.00000243. The molecule has 0 bridgehead atoms. The molecular formula is C18H22ClN3O3S. The van der Waals surface area contributed by atoms with Crippen LogP contribution < -0.4 is 5.32 Å². The maximum Gasteiger partial charge on any atom is 0.269 e. The maximum absolute atomic E-state index is 12.2. The lowest BCUT2D eigenvalue weighted by Gasteiger charge is -2.38. The average molecular weight is 396 g/mol. The lowest BCUT2D eigenvalue weighted by atomic mass is 9.97. The van der Waals surface area contributed by atoms with Crippen molar-refractivity contribution in [3.05, 3.63) is 61.8 Å². The van der Waals surface area contributed by atoms with Crippen LogP contribution in [0.15, 0.2) is 35.7 Å². The summed E-state index contributed by atoms with van der Waals surface area (Å²) in [5.74, 6) is -0.205. The van der Waals surface area contributed by atoms with Crippen LogP contribution >= 0.6 is 23.7 Å². The number of halogens is 1. The summed E-state index contributed by atoms with van der Waals surface area (Å²) < 4.78 is 0. The normalized spacial score (nSPS) is 19.3. The minimum Gasteiger partial charge on any atom is -0.351 e. The second-order valence-corrected chi connectivity index (χ2v) is 7.28. The Morgan fingerprint density at radius 3 is 2.65 bits per heavy atom. The van der Waals surface area contributed by atoms with Gasteiger partial charge in [0.15, 0.2) is 0 Å². The SMILES string of the molecule is C[C@@H]1Cc2ccsc2[C@@H](C)N1CCNC(=O)c1ccc([N+](=O)[O-])cc1.Cl. The first-order chi connectivity index (χ1) is 12.0. The van der Waals surface area contributed by atoms with E-state index in [9.17, 15) is 14.9 Å². The molecule has 0 radical (unpaired) electrons. The van der Waals surface area contributed by atoms with Crippen molar-refractivity contribution in [1.82, 2.24) is 10.2 Å². The fraction of sp³-hybridized carbons (Fsp3) is 0.389. The third kappa shape index (κ3) is 4.23. The standard InChI is InChI=1S/C18H21N3O3S.ClH/c1-12-11-15-7-10-25-17(15)13(2)20(12)9-8-19-18(22)14-3-5-16(6-4-14)21(23)24;/h3-7,10,12-13H,8-9,11H2,1-2H3,(H,19,22);1H/t12-,13-;/m1./s1. The van der Waals surface area contributed by atoms with Crippen LogP contribution in [0.2, 0.25) is 0 Å². The number of nitro benzene ring substituents is 1. The molecule has 0 spiro atoms. The van der Waals surface area contributed by atoms with Crippen LogP contribution in [0, 0.1) is 10.1 Å². The molecule has 3 rings (SSSR count). The van der Waals surface area contributed by atoms with Crippen LogP contribution in [0.1, 0.15) is 40.7 Å². The van der Waals surface area contributed by atoms with Crippen molar-refractivity contribution in [3.8, 4) is 0 Å². The Labute approximate surface area is 162 Å². The number of hydrogen-bond acceptors (Lipinski definition) is 5. The molecule has 1 aromatic heterocycles. The second kappa shape index (κ2) is 8.62. The number of nitrogens with one attached hydrogen (secondary N) is 1. The maximum atomic E-state index is 12.2. The van der Waals surface area contributed by atoms with E-state index in [0.29, 0.717) is 24.2 Å². The van der Waals surface area contributed by atoms with Gasteiger partial charge in [-0.15, -0.1) is 23.7 Å². The van der Waals surface area contributed by atoms with Gasteiger partial charge < -0.3 is 5.32 Å². The summed E-state index contributed by atoms with van der Waals surface area (Å²) >= 11 is 1.80. The van der Waals surface area contributed by atoms with E-state index >= 15 is 0 Å². The molecule has 0 unspecified atom stereocenters. The van der Waals surface area contributed by atoms with Crippen LogP contribution in [0.5, 0.6) is 0 Å². The molecule has 26 heavy (non-hydrogen) atoms. The zero-order valence-electron chi connectivity index (χ0n) is 14.7. The van der Waals surface area contributed by atoms with Gasteiger partial charge in [0.25, 0.3) is 11.6 Å². The number of thiophene rings is 1. The smallest absolute Gasteiger partial charge is 0.269 e. The molecule has 0 saturated heterocycles. The molecule has 1 aliphatic rings. The van der Waals surface area contributed by atoms with E-state index in [4.69, 9.17) is 0 Å². The van der Waals surface area contributed by atoms with Crippen molar-refractivity contribution in [2.75, 3.05) is 13.1 Å². The highest BCUT2D eigenvalue weighted by atomic mass is 35.5. The quantitative estimate of drug-likeness (QED) is 0.616. The number of nitro groups is 1. The molecule has 0 saturated carbocycles. The van der Waals surface area contributed by atoms with Gasteiger partial charge in [0, 0.05) is 47.7 Å². The van der Waals surface area contributed by atoms with Gasteiger partial charge in [-0.05, 0) is 49.4 Å². The van der Waals surface area contributed by atoms with Gasteiger partial charge >= 0.3 is 0 Å². The van der Waals surface area contributed by atoms with Gasteiger partial charge in [-0.25, -0.2) is 0 Å². The first kappa shape index (κ1) is 20.4. The van der Waals surface area contributed by atoms with Crippen molar-refractivity contribution >= 4 is 35.3 Å². The van der Waals surface area contributed by atoms with Crippen molar-refractivity contribution in [3.63, 3.8) is 0 Å². The van der Waals surface area contributed by atoms with Crippen LogP contribution in [0.25, 0.3) is 0 Å². The molecule has 0 fully saturated rings. The summed E-state index contributed by atoms with van der Waals surface area (Å²) in [5, 5.41) is 15.7. The molecule has 1 amide bonds. The number of carbonyl (C=O) groups is 1. The molecule has 6 nitrogen and oxygen atoms in total. The van der Waals surface area contributed by atoms with E-state index in [1.165, 1.54) is 34.7 Å². The molecule has 2 heterocycles. The highest BCUT2D eigenvalue weighted by Gasteiger charge is 2.29. The molecule has 2 aromatic rings. The highest BCUT2D eigenvalue weighted by molar-refractivity contribution is 7.10. The van der Waals surface area contributed by atoms with Crippen molar-refractivity contribution in [2.24, 2.45) is 0 Å². The van der Waals surface area contributed by atoms with E-state index < -0.39 is 4.92 Å². The van der Waals surface area contributed by atoms with Crippen molar-refractivity contribution < 1.29 is 9.72 Å². The monoisotopic (exact) mass is 395 g/mol. The van der Waals surface area contributed by atoms with Gasteiger partial charge in [-0.2, -0.15) is 0 Å². The van der Waals surface area contributed by atoms with Crippen LogP contribution in [-0.4, -0.2) is 34.9 Å². The van der Waals surface area contributed by atoms with Crippen molar-refractivity contribution in [1.29, 1.82) is 0 Å². The fourth-order valence-electron chi connectivity index (χ4n) is 3.40. The van der Waals surface area contributed by atoms with Gasteiger partial charge in [0.1, 0.15) is 0 Å². The van der Waals surface area contributed by atoms with E-state index in [2.05, 4.69) is 35.5 Å². The Hall–Kier alpha value is -1.96. The molecule has 2 atom stereocenters. The lowest BCUT2D eigenvalue weighted by Crippen LogP contribution is -2.44. The number of nitrogens with zero attached hydrogens (tertiary/aromatic N) is 2. The summed E-state index contributed by atoms with van der Waals surface area (Å²) in [6.45, 7) is 5.75. The number of hydrogen-bond donors (Lipinski definition) is 1. The first-order valence-electron chi connectivity index (χ1n) is 8.32. The number of amides is 1. The molecule has 8 heteroatoms. The number of benzene rings is 1. The molecule has 1 aromatic carbocycles. The molecule has 140 valence electrons. The topological polar surface area (TPSA) is 75.5 Å². The van der Waals surface area contributed by atoms with E-state index in [0.717, 1.165) is 13.0 Å². The Bertz CT molecular complexity index is 778. The summed E-state index contributed by atoms with van der Waals surface area (Å²) in [5.41, 5.74) is 1.86. The minimum absolute atomic E-state index is 0. The van der Waals surface area contributed by atoms with Crippen molar-refractivity contribution in [2.45, 2.75) is 32.4 Å². The molecular weight excluding hydrogens is 374 g/mol. The molecule has 0 aliphatic carbocycles. The van der Waals surface area contributed by atoms with Gasteiger partial charge in [-0.1, -0.05) is 0 Å². The van der Waals surface area contributed by atoms with Crippen LogP contribution in [0.3, 0.4) is 0 Å². The molecule has 1 N–H and O–H groups in total. The number of carbonyl (C=O) groups excluding carboxylic acids is 1. The number of non-ortho nitro benzene ring substituents is 1. The van der Waals surface area contributed by atoms with E-state index in [1.807, 2.05) is 0 Å².